The van der Waals surface area contributed by atoms with E-state index in [9.17, 15) is 14.4 Å². The van der Waals surface area contributed by atoms with Crippen LogP contribution in [-0.2, 0) is 4.79 Å². The summed E-state index contributed by atoms with van der Waals surface area (Å²) < 4.78 is 0. The summed E-state index contributed by atoms with van der Waals surface area (Å²) in [6.07, 6.45) is 5.39. The van der Waals surface area contributed by atoms with Crippen LogP contribution < -0.4 is 16.1 Å². The second kappa shape index (κ2) is 5.03. The first kappa shape index (κ1) is 11.7. The standard InChI is InChI=1S/C10H16N4O3/c15-8-6-14(10(17)12-8)13-9(16)11-7-4-2-1-3-5-7/h7H,1-6H2,(H2,11,13,16)(H,12,15,17). The van der Waals surface area contributed by atoms with Gasteiger partial charge in [-0.05, 0) is 12.8 Å². The molecule has 1 aliphatic heterocycles. The Balaban J connectivity index is 1.76. The van der Waals surface area contributed by atoms with Crippen molar-refractivity contribution < 1.29 is 14.4 Å². The van der Waals surface area contributed by atoms with Crippen LogP contribution in [0.15, 0.2) is 0 Å². The summed E-state index contributed by atoms with van der Waals surface area (Å²) >= 11 is 0. The number of imide groups is 1. The zero-order valence-corrected chi connectivity index (χ0v) is 9.49. The molecular formula is C10H16N4O3. The molecule has 0 aromatic carbocycles. The molecule has 0 spiro atoms. The first-order valence-electron chi connectivity index (χ1n) is 5.83. The molecular weight excluding hydrogens is 224 g/mol. The van der Waals surface area contributed by atoms with Crippen molar-refractivity contribution in [1.82, 2.24) is 21.1 Å². The van der Waals surface area contributed by atoms with Crippen LogP contribution in [0.5, 0.6) is 0 Å². The average Bonchev–Trinajstić information content (AvgIpc) is 2.58. The minimum Gasteiger partial charge on any atom is -0.334 e. The van der Waals surface area contributed by atoms with E-state index < -0.39 is 18.0 Å². The van der Waals surface area contributed by atoms with Crippen molar-refractivity contribution in [3.05, 3.63) is 0 Å². The number of hydrogen-bond acceptors (Lipinski definition) is 3. The predicted octanol–water partition coefficient (Wildman–Crippen LogP) is 0.0851. The number of carbonyl (C=O) groups is 3. The maximum absolute atomic E-state index is 11.6. The molecule has 17 heavy (non-hydrogen) atoms. The lowest BCUT2D eigenvalue weighted by Gasteiger charge is -2.24. The topological polar surface area (TPSA) is 90.5 Å². The lowest BCUT2D eigenvalue weighted by atomic mass is 9.96. The first-order valence-corrected chi connectivity index (χ1v) is 5.83. The van der Waals surface area contributed by atoms with Gasteiger partial charge in [0.25, 0.3) is 0 Å². The SMILES string of the molecule is O=C1CN(NC(=O)NC2CCCCC2)C(=O)N1. The van der Waals surface area contributed by atoms with Gasteiger partial charge in [0.2, 0.25) is 5.91 Å². The van der Waals surface area contributed by atoms with Gasteiger partial charge >= 0.3 is 12.1 Å². The minimum atomic E-state index is -0.589. The second-order valence-corrected chi connectivity index (χ2v) is 4.36. The van der Waals surface area contributed by atoms with Gasteiger partial charge in [0.05, 0.1) is 0 Å². The van der Waals surface area contributed by atoms with Crippen molar-refractivity contribution in [1.29, 1.82) is 0 Å². The Hall–Kier alpha value is -1.79. The Morgan fingerprint density at radius 1 is 1.24 bits per heavy atom. The summed E-state index contributed by atoms with van der Waals surface area (Å²) in [7, 11) is 0. The van der Waals surface area contributed by atoms with E-state index in [0.717, 1.165) is 30.7 Å². The van der Waals surface area contributed by atoms with Crippen molar-refractivity contribution in [2.45, 2.75) is 38.1 Å². The van der Waals surface area contributed by atoms with Crippen LogP contribution in [0.4, 0.5) is 9.59 Å². The van der Waals surface area contributed by atoms with E-state index in [1.54, 1.807) is 0 Å². The third-order valence-electron chi connectivity index (χ3n) is 2.97. The Bertz CT molecular complexity index is 338. The summed E-state index contributed by atoms with van der Waals surface area (Å²) in [5, 5.41) is 5.85. The molecule has 94 valence electrons. The third kappa shape index (κ3) is 3.08. The fraction of sp³-hybridized carbons (Fsp3) is 0.700. The van der Waals surface area contributed by atoms with E-state index in [2.05, 4.69) is 16.1 Å². The van der Waals surface area contributed by atoms with Crippen LogP contribution in [0.25, 0.3) is 0 Å². The summed E-state index contributed by atoms with van der Waals surface area (Å²) in [5.74, 6) is -0.409. The molecule has 1 saturated heterocycles. The fourth-order valence-electron chi connectivity index (χ4n) is 2.12. The van der Waals surface area contributed by atoms with Gasteiger partial charge in [-0.3, -0.25) is 10.1 Å². The highest BCUT2D eigenvalue weighted by atomic mass is 16.2. The molecule has 1 heterocycles. The van der Waals surface area contributed by atoms with Crippen LogP contribution in [0.1, 0.15) is 32.1 Å². The monoisotopic (exact) mass is 240 g/mol. The van der Waals surface area contributed by atoms with E-state index in [0.29, 0.717) is 0 Å². The largest absolute Gasteiger partial charge is 0.343 e. The van der Waals surface area contributed by atoms with Crippen LogP contribution in [-0.4, -0.2) is 35.6 Å². The number of nitrogens with one attached hydrogen (secondary N) is 3. The number of nitrogens with zero attached hydrogens (tertiary/aromatic N) is 1. The molecule has 0 bridgehead atoms. The van der Waals surface area contributed by atoms with Gasteiger partial charge in [0.1, 0.15) is 6.54 Å². The van der Waals surface area contributed by atoms with Gasteiger partial charge in [0.15, 0.2) is 0 Å². The molecule has 1 aliphatic carbocycles. The summed E-state index contributed by atoms with van der Waals surface area (Å²) in [6, 6.07) is -0.847. The van der Waals surface area contributed by atoms with Crippen molar-refractivity contribution in [2.75, 3.05) is 6.54 Å². The zero-order valence-electron chi connectivity index (χ0n) is 9.49. The van der Waals surface area contributed by atoms with E-state index in [4.69, 9.17) is 0 Å². The zero-order chi connectivity index (χ0) is 12.3. The smallest absolute Gasteiger partial charge is 0.334 e. The van der Waals surface area contributed by atoms with Gasteiger partial charge in [-0.25, -0.2) is 20.0 Å². The van der Waals surface area contributed by atoms with Gasteiger partial charge in [-0.1, -0.05) is 19.3 Å². The van der Waals surface area contributed by atoms with Crippen LogP contribution in [0.2, 0.25) is 0 Å². The Kier molecular flexibility index (Phi) is 3.46. The molecule has 0 aromatic rings. The molecule has 0 aromatic heterocycles. The minimum absolute atomic E-state index is 0.128. The molecule has 0 atom stereocenters. The van der Waals surface area contributed by atoms with Gasteiger partial charge in [-0.2, -0.15) is 0 Å². The molecule has 7 heteroatoms. The van der Waals surface area contributed by atoms with Crippen molar-refractivity contribution in [3.8, 4) is 0 Å². The molecule has 7 nitrogen and oxygen atoms in total. The molecule has 1 saturated carbocycles. The number of hydrogen-bond donors (Lipinski definition) is 3. The van der Waals surface area contributed by atoms with E-state index in [1.807, 2.05) is 0 Å². The number of urea groups is 2. The molecule has 0 unspecified atom stereocenters. The first-order chi connectivity index (χ1) is 8.15. The Labute approximate surface area is 98.9 Å². The number of rotatable bonds is 2. The summed E-state index contributed by atoms with van der Waals surface area (Å²) in [6.45, 7) is -0.128. The fourth-order valence-corrected chi connectivity index (χ4v) is 2.12. The van der Waals surface area contributed by atoms with E-state index in [-0.39, 0.29) is 12.6 Å². The molecule has 0 radical (unpaired) electrons. The molecule has 2 aliphatic rings. The normalized spacial score (nSPS) is 21.3. The summed E-state index contributed by atoms with van der Waals surface area (Å²) in [5.41, 5.74) is 2.36. The quantitative estimate of drug-likeness (QED) is 0.597. The highest BCUT2D eigenvalue weighted by Crippen LogP contribution is 2.17. The number of carbonyl (C=O) groups excluding carboxylic acids is 3. The van der Waals surface area contributed by atoms with Crippen LogP contribution in [0.3, 0.4) is 0 Å². The van der Waals surface area contributed by atoms with Crippen molar-refractivity contribution in [3.63, 3.8) is 0 Å². The highest BCUT2D eigenvalue weighted by molar-refractivity contribution is 6.02. The van der Waals surface area contributed by atoms with Gasteiger partial charge < -0.3 is 5.32 Å². The third-order valence-corrected chi connectivity index (χ3v) is 2.97. The van der Waals surface area contributed by atoms with Crippen LogP contribution >= 0.6 is 0 Å². The second-order valence-electron chi connectivity index (χ2n) is 4.36. The molecule has 2 fully saturated rings. The maximum Gasteiger partial charge on any atom is 0.343 e. The molecule has 3 N–H and O–H groups in total. The maximum atomic E-state index is 11.6. The molecule has 5 amide bonds. The van der Waals surface area contributed by atoms with E-state index in [1.165, 1.54) is 6.42 Å². The molecule has 2 rings (SSSR count). The van der Waals surface area contributed by atoms with Crippen molar-refractivity contribution >= 4 is 18.0 Å². The number of amides is 5. The lowest BCUT2D eigenvalue weighted by Crippen LogP contribution is -2.51. The number of hydrazine groups is 1. The van der Waals surface area contributed by atoms with Gasteiger partial charge in [0, 0.05) is 6.04 Å². The predicted molar refractivity (Wildman–Crippen MR) is 58.8 cm³/mol. The van der Waals surface area contributed by atoms with E-state index >= 15 is 0 Å². The van der Waals surface area contributed by atoms with Crippen molar-refractivity contribution in [2.24, 2.45) is 0 Å². The van der Waals surface area contributed by atoms with Crippen LogP contribution in [0, 0.1) is 0 Å². The lowest BCUT2D eigenvalue weighted by molar-refractivity contribution is -0.118. The highest BCUT2D eigenvalue weighted by Gasteiger charge is 2.28. The Morgan fingerprint density at radius 2 is 1.94 bits per heavy atom. The summed E-state index contributed by atoms with van der Waals surface area (Å²) in [4.78, 5) is 33.6. The average molecular weight is 240 g/mol. The Morgan fingerprint density at radius 3 is 2.53 bits per heavy atom. The van der Waals surface area contributed by atoms with Gasteiger partial charge in [-0.15, -0.1) is 0 Å².